The lowest BCUT2D eigenvalue weighted by Crippen LogP contribution is -2.53. The molecule has 21 heavy (non-hydrogen) atoms. The van der Waals surface area contributed by atoms with Crippen LogP contribution >= 0.6 is 0 Å². The van der Waals surface area contributed by atoms with Crippen LogP contribution < -0.4 is 14.8 Å². The van der Waals surface area contributed by atoms with Crippen LogP contribution in [0, 0.1) is 5.92 Å². The van der Waals surface area contributed by atoms with Crippen LogP contribution in [-0.4, -0.2) is 50.2 Å². The number of carbonyl (C=O) groups is 1. The molecule has 0 aliphatic carbocycles. The second-order valence-corrected chi connectivity index (χ2v) is 5.83. The van der Waals surface area contributed by atoms with Gasteiger partial charge in [0.25, 0.3) is 0 Å². The molecule has 114 valence electrons. The van der Waals surface area contributed by atoms with Gasteiger partial charge < -0.3 is 19.7 Å². The molecule has 1 aromatic carbocycles. The van der Waals surface area contributed by atoms with E-state index in [1.165, 1.54) is 0 Å². The number of piperazine rings is 1. The summed E-state index contributed by atoms with van der Waals surface area (Å²) in [7, 11) is 1.64. The average molecular weight is 290 g/mol. The highest BCUT2D eigenvalue weighted by molar-refractivity contribution is 5.80. The molecule has 2 atom stereocenters. The van der Waals surface area contributed by atoms with Crippen molar-refractivity contribution in [1.82, 2.24) is 10.2 Å². The Hall–Kier alpha value is -1.75. The van der Waals surface area contributed by atoms with Gasteiger partial charge in [0.1, 0.15) is 18.1 Å². The van der Waals surface area contributed by atoms with E-state index in [-0.39, 0.29) is 11.8 Å². The average Bonchev–Trinajstić information content (AvgIpc) is 2.53. The molecule has 1 saturated heterocycles. The van der Waals surface area contributed by atoms with Crippen LogP contribution in [-0.2, 0) is 11.2 Å². The van der Waals surface area contributed by atoms with Crippen LogP contribution in [0.3, 0.4) is 0 Å². The minimum Gasteiger partial charge on any atom is -0.497 e. The maximum absolute atomic E-state index is 12.6. The number of hydrogen-bond donors (Lipinski definition) is 1. The third kappa shape index (κ3) is 2.97. The SMILES string of the molecule is COc1ccc2c(c1)OC[C@H](C(=O)N1CCN[C@H](C)C1)C2. The number of hydrogen-bond acceptors (Lipinski definition) is 4. The van der Waals surface area contributed by atoms with Crippen molar-refractivity contribution in [1.29, 1.82) is 0 Å². The number of benzene rings is 1. The fourth-order valence-electron chi connectivity index (χ4n) is 3.03. The second-order valence-electron chi connectivity index (χ2n) is 5.83. The molecule has 0 radical (unpaired) electrons. The van der Waals surface area contributed by atoms with Crippen molar-refractivity contribution in [3.8, 4) is 11.5 Å². The Balaban J connectivity index is 1.69. The second kappa shape index (κ2) is 5.93. The van der Waals surface area contributed by atoms with E-state index in [2.05, 4.69) is 12.2 Å². The fourth-order valence-corrected chi connectivity index (χ4v) is 3.03. The van der Waals surface area contributed by atoms with Crippen LogP contribution in [0.1, 0.15) is 12.5 Å². The molecule has 1 amide bonds. The molecule has 0 aromatic heterocycles. The summed E-state index contributed by atoms with van der Waals surface area (Å²) in [6.45, 7) is 5.00. The molecule has 2 heterocycles. The maximum atomic E-state index is 12.6. The first kappa shape index (κ1) is 14.2. The number of carbonyl (C=O) groups excluding carboxylic acids is 1. The number of rotatable bonds is 2. The Morgan fingerprint density at radius 2 is 2.33 bits per heavy atom. The third-order valence-electron chi connectivity index (χ3n) is 4.21. The van der Waals surface area contributed by atoms with Gasteiger partial charge in [0.05, 0.1) is 13.0 Å². The third-order valence-corrected chi connectivity index (χ3v) is 4.21. The van der Waals surface area contributed by atoms with E-state index >= 15 is 0 Å². The van der Waals surface area contributed by atoms with Gasteiger partial charge in [0, 0.05) is 31.7 Å². The maximum Gasteiger partial charge on any atom is 0.229 e. The zero-order valence-electron chi connectivity index (χ0n) is 12.6. The smallest absolute Gasteiger partial charge is 0.229 e. The van der Waals surface area contributed by atoms with Gasteiger partial charge in [0.2, 0.25) is 5.91 Å². The Morgan fingerprint density at radius 1 is 1.48 bits per heavy atom. The van der Waals surface area contributed by atoms with Crippen LogP contribution in [0.2, 0.25) is 0 Å². The van der Waals surface area contributed by atoms with Crippen LogP contribution in [0.4, 0.5) is 0 Å². The van der Waals surface area contributed by atoms with E-state index in [1.54, 1.807) is 7.11 Å². The number of nitrogens with one attached hydrogen (secondary N) is 1. The number of nitrogens with zero attached hydrogens (tertiary/aromatic N) is 1. The summed E-state index contributed by atoms with van der Waals surface area (Å²) in [5.41, 5.74) is 1.09. The summed E-state index contributed by atoms with van der Waals surface area (Å²) in [5, 5.41) is 3.36. The Kier molecular flexibility index (Phi) is 4.01. The highest BCUT2D eigenvalue weighted by Crippen LogP contribution is 2.31. The molecule has 3 rings (SSSR count). The molecule has 2 aliphatic heterocycles. The highest BCUT2D eigenvalue weighted by Gasteiger charge is 2.31. The minimum absolute atomic E-state index is 0.0730. The van der Waals surface area contributed by atoms with E-state index in [9.17, 15) is 4.79 Å². The molecule has 5 nitrogen and oxygen atoms in total. The molecular weight excluding hydrogens is 268 g/mol. The van der Waals surface area contributed by atoms with Crippen LogP contribution in [0.5, 0.6) is 11.5 Å². The van der Waals surface area contributed by atoms with Gasteiger partial charge >= 0.3 is 0 Å². The van der Waals surface area contributed by atoms with Crippen molar-refractivity contribution in [3.63, 3.8) is 0 Å². The van der Waals surface area contributed by atoms with Crippen molar-refractivity contribution in [2.24, 2.45) is 5.92 Å². The summed E-state index contributed by atoms with van der Waals surface area (Å²) >= 11 is 0. The van der Waals surface area contributed by atoms with Gasteiger partial charge in [-0.3, -0.25) is 4.79 Å². The van der Waals surface area contributed by atoms with Gasteiger partial charge in [-0.05, 0) is 25.0 Å². The van der Waals surface area contributed by atoms with E-state index in [0.29, 0.717) is 12.6 Å². The molecule has 0 saturated carbocycles. The zero-order chi connectivity index (χ0) is 14.8. The zero-order valence-corrected chi connectivity index (χ0v) is 12.6. The van der Waals surface area contributed by atoms with Gasteiger partial charge in [-0.15, -0.1) is 0 Å². The van der Waals surface area contributed by atoms with E-state index in [1.807, 2.05) is 23.1 Å². The van der Waals surface area contributed by atoms with Crippen molar-refractivity contribution < 1.29 is 14.3 Å². The standard InChI is InChI=1S/C16H22N2O3/c1-11-9-18(6-5-17-11)16(19)13-7-12-3-4-14(20-2)8-15(12)21-10-13/h3-4,8,11,13,17H,5-7,9-10H2,1-2H3/t11-,13-/m1/s1. The quantitative estimate of drug-likeness (QED) is 0.885. The lowest BCUT2D eigenvalue weighted by atomic mass is 9.95. The van der Waals surface area contributed by atoms with Crippen LogP contribution in [0.15, 0.2) is 18.2 Å². The molecule has 1 fully saturated rings. The molecule has 5 heteroatoms. The van der Waals surface area contributed by atoms with Gasteiger partial charge in [-0.25, -0.2) is 0 Å². The largest absolute Gasteiger partial charge is 0.497 e. The normalized spacial score (nSPS) is 25.0. The first-order valence-electron chi connectivity index (χ1n) is 7.49. The summed E-state index contributed by atoms with van der Waals surface area (Å²) in [6.07, 6.45) is 0.746. The molecule has 1 aromatic rings. The van der Waals surface area contributed by atoms with E-state index < -0.39 is 0 Å². The summed E-state index contributed by atoms with van der Waals surface area (Å²) < 4.78 is 11.0. The first-order chi connectivity index (χ1) is 10.2. The van der Waals surface area contributed by atoms with Crippen molar-refractivity contribution in [3.05, 3.63) is 23.8 Å². The molecule has 1 N–H and O–H groups in total. The Bertz CT molecular complexity index is 532. The topological polar surface area (TPSA) is 50.8 Å². The molecular formula is C16H22N2O3. The Morgan fingerprint density at radius 3 is 3.10 bits per heavy atom. The number of methoxy groups -OCH3 is 1. The minimum atomic E-state index is -0.0730. The van der Waals surface area contributed by atoms with E-state index in [0.717, 1.165) is 43.1 Å². The molecule has 2 aliphatic rings. The molecule has 0 unspecified atom stereocenters. The molecule has 0 bridgehead atoms. The predicted octanol–water partition coefficient (Wildman–Crippen LogP) is 1.07. The monoisotopic (exact) mass is 290 g/mol. The lowest BCUT2D eigenvalue weighted by molar-refractivity contribution is -0.138. The number of ether oxygens (including phenoxy) is 2. The van der Waals surface area contributed by atoms with Gasteiger partial charge in [-0.2, -0.15) is 0 Å². The van der Waals surface area contributed by atoms with Crippen LogP contribution in [0.25, 0.3) is 0 Å². The van der Waals surface area contributed by atoms with E-state index in [4.69, 9.17) is 9.47 Å². The van der Waals surface area contributed by atoms with Gasteiger partial charge in [-0.1, -0.05) is 6.07 Å². The number of amides is 1. The van der Waals surface area contributed by atoms with Gasteiger partial charge in [0.15, 0.2) is 0 Å². The van der Waals surface area contributed by atoms with Crippen molar-refractivity contribution in [2.45, 2.75) is 19.4 Å². The fraction of sp³-hybridized carbons (Fsp3) is 0.562. The van der Waals surface area contributed by atoms with Crippen molar-refractivity contribution >= 4 is 5.91 Å². The highest BCUT2D eigenvalue weighted by atomic mass is 16.5. The lowest BCUT2D eigenvalue weighted by Gasteiger charge is -2.35. The predicted molar refractivity (Wildman–Crippen MR) is 79.7 cm³/mol. The first-order valence-corrected chi connectivity index (χ1v) is 7.49. The van der Waals surface area contributed by atoms with Crippen molar-refractivity contribution in [2.75, 3.05) is 33.4 Å². The summed E-state index contributed by atoms with van der Waals surface area (Å²) in [5.74, 6) is 1.77. The summed E-state index contributed by atoms with van der Waals surface area (Å²) in [4.78, 5) is 14.6. The number of fused-ring (bicyclic) bond motifs is 1. The summed E-state index contributed by atoms with van der Waals surface area (Å²) in [6, 6.07) is 6.17. The molecule has 0 spiro atoms. The Labute approximate surface area is 125 Å².